The summed E-state index contributed by atoms with van der Waals surface area (Å²) in [7, 11) is 0. The Bertz CT molecular complexity index is 505. The number of aryl methyl sites for hydroxylation is 1. The number of aromatic nitrogens is 2. The minimum absolute atomic E-state index is 0.671. The molecular formula is C12H12N4. The van der Waals surface area contributed by atoms with Crippen molar-refractivity contribution < 1.29 is 0 Å². The van der Waals surface area contributed by atoms with E-state index in [2.05, 4.69) is 21.6 Å². The maximum absolute atomic E-state index is 8.66. The smallest absolute Gasteiger partial charge is 0.0991 e. The minimum Gasteiger partial charge on any atom is -0.381 e. The number of hydrogen-bond donors (Lipinski definition) is 2. The van der Waals surface area contributed by atoms with Crippen molar-refractivity contribution in [3.63, 3.8) is 0 Å². The van der Waals surface area contributed by atoms with Crippen LogP contribution in [0.25, 0.3) is 0 Å². The topological polar surface area (TPSA) is 64.5 Å². The summed E-state index contributed by atoms with van der Waals surface area (Å²) in [6.07, 6.45) is 1.81. The lowest BCUT2D eigenvalue weighted by atomic mass is 10.2. The van der Waals surface area contributed by atoms with Crippen molar-refractivity contribution in [3.8, 4) is 6.07 Å². The Morgan fingerprint density at radius 2 is 2.12 bits per heavy atom. The van der Waals surface area contributed by atoms with Crippen LogP contribution in [0.3, 0.4) is 0 Å². The fraction of sp³-hybridized carbons (Fsp3) is 0.167. The molecule has 0 aliphatic carbocycles. The van der Waals surface area contributed by atoms with Gasteiger partial charge in [0.05, 0.1) is 17.8 Å². The van der Waals surface area contributed by atoms with Gasteiger partial charge >= 0.3 is 0 Å². The van der Waals surface area contributed by atoms with Crippen LogP contribution >= 0.6 is 0 Å². The van der Waals surface area contributed by atoms with Gasteiger partial charge in [0.2, 0.25) is 0 Å². The quantitative estimate of drug-likeness (QED) is 0.819. The van der Waals surface area contributed by atoms with E-state index in [1.54, 1.807) is 12.1 Å². The Morgan fingerprint density at radius 3 is 2.69 bits per heavy atom. The number of nitrogens with one attached hydrogen (secondary N) is 2. The molecule has 0 bridgehead atoms. The Kier molecular flexibility index (Phi) is 2.88. The molecule has 80 valence electrons. The molecule has 0 saturated carbocycles. The van der Waals surface area contributed by atoms with Crippen molar-refractivity contribution in [1.82, 2.24) is 10.2 Å². The predicted molar refractivity (Wildman–Crippen MR) is 61.8 cm³/mol. The monoisotopic (exact) mass is 212 g/mol. The van der Waals surface area contributed by atoms with Gasteiger partial charge in [-0.05, 0) is 31.2 Å². The van der Waals surface area contributed by atoms with Gasteiger partial charge in [-0.3, -0.25) is 5.10 Å². The second-order valence-electron chi connectivity index (χ2n) is 3.56. The van der Waals surface area contributed by atoms with Gasteiger partial charge in [-0.2, -0.15) is 10.4 Å². The first-order valence-electron chi connectivity index (χ1n) is 5.02. The van der Waals surface area contributed by atoms with E-state index in [0.29, 0.717) is 5.56 Å². The number of aromatic amines is 1. The first-order chi connectivity index (χ1) is 7.79. The van der Waals surface area contributed by atoms with E-state index in [1.807, 2.05) is 25.3 Å². The third-order valence-corrected chi connectivity index (χ3v) is 2.43. The molecule has 0 saturated heterocycles. The fourth-order valence-electron chi connectivity index (χ4n) is 1.41. The molecule has 1 heterocycles. The summed E-state index contributed by atoms with van der Waals surface area (Å²) >= 11 is 0. The van der Waals surface area contributed by atoms with Crippen LogP contribution in [0.5, 0.6) is 0 Å². The predicted octanol–water partition coefficient (Wildman–Crippen LogP) is 2.20. The maximum Gasteiger partial charge on any atom is 0.0991 e. The summed E-state index contributed by atoms with van der Waals surface area (Å²) in [6, 6.07) is 9.48. The molecule has 0 aliphatic rings. The maximum atomic E-state index is 8.66. The number of benzene rings is 1. The highest BCUT2D eigenvalue weighted by molar-refractivity contribution is 5.47. The Balaban J connectivity index is 2.00. The molecule has 2 rings (SSSR count). The van der Waals surface area contributed by atoms with E-state index in [-0.39, 0.29) is 0 Å². The van der Waals surface area contributed by atoms with Crippen LogP contribution in [0, 0.1) is 18.3 Å². The molecule has 0 amide bonds. The van der Waals surface area contributed by atoms with Crippen LogP contribution in [-0.2, 0) is 6.54 Å². The molecule has 0 spiro atoms. The summed E-state index contributed by atoms with van der Waals surface area (Å²) in [5.74, 6) is 0. The SMILES string of the molecule is Cc1[nH]ncc1CNc1ccc(C#N)cc1. The van der Waals surface area contributed by atoms with Crippen LogP contribution in [0.4, 0.5) is 5.69 Å². The Morgan fingerprint density at radius 1 is 1.38 bits per heavy atom. The second kappa shape index (κ2) is 4.49. The van der Waals surface area contributed by atoms with Crippen LogP contribution in [0.2, 0.25) is 0 Å². The number of hydrogen-bond acceptors (Lipinski definition) is 3. The van der Waals surface area contributed by atoms with Crippen LogP contribution < -0.4 is 5.32 Å². The minimum atomic E-state index is 0.671. The first kappa shape index (κ1) is 10.2. The van der Waals surface area contributed by atoms with E-state index in [4.69, 9.17) is 5.26 Å². The molecular weight excluding hydrogens is 200 g/mol. The molecule has 0 atom stereocenters. The largest absolute Gasteiger partial charge is 0.381 e. The Hall–Kier alpha value is -2.28. The molecule has 4 nitrogen and oxygen atoms in total. The summed E-state index contributed by atoms with van der Waals surface area (Å²) < 4.78 is 0. The van der Waals surface area contributed by atoms with Crippen molar-refractivity contribution in [2.45, 2.75) is 13.5 Å². The number of nitrogens with zero attached hydrogens (tertiary/aromatic N) is 2. The molecule has 0 fully saturated rings. The van der Waals surface area contributed by atoms with Crippen molar-refractivity contribution >= 4 is 5.69 Å². The van der Waals surface area contributed by atoms with Gasteiger partial charge in [0, 0.05) is 23.5 Å². The molecule has 0 aliphatic heterocycles. The number of rotatable bonds is 3. The van der Waals surface area contributed by atoms with E-state index in [1.165, 1.54) is 0 Å². The lowest BCUT2D eigenvalue weighted by Gasteiger charge is -2.05. The average Bonchev–Trinajstić information content (AvgIpc) is 2.73. The highest BCUT2D eigenvalue weighted by atomic mass is 15.1. The van der Waals surface area contributed by atoms with Gasteiger partial charge in [0.25, 0.3) is 0 Å². The van der Waals surface area contributed by atoms with Gasteiger partial charge in [0.1, 0.15) is 0 Å². The molecule has 0 unspecified atom stereocenters. The normalized spacial score (nSPS) is 9.75. The molecule has 1 aromatic carbocycles. The van der Waals surface area contributed by atoms with Crippen molar-refractivity contribution in [3.05, 3.63) is 47.3 Å². The zero-order valence-corrected chi connectivity index (χ0v) is 8.99. The molecule has 0 radical (unpaired) electrons. The van der Waals surface area contributed by atoms with E-state index < -0.39 is 0 Å². The van der Waals surface area contributed by atoms with Crippen molar-refractivity contribution in [2.24, 2.45) is 0 Å². The molecule has 2 aromatic rings. The van der Waals surface area contributed by atoms with Crippen LogP contribution in [-0.4, -0.2) is 10.2 Å². The number of H-pyrrole nitrogens is 1. The summed E-state index contributed by atoms with van der Waals surface area (Å²) in [6.45, 7) is 2.72. The molecule has 1 aromatic heterocycles. The van der Waals surface area contributed by atoms with Gasteiger partial charge in [0.15, 0.2) is 0 Å². The molecule has 16 heavy (non-hydrogen) atoms. The Labute approximate surface area is 93.9 Å². The van der Waals surface area contributed by atoms with Crippen LogP contribution in [0.15, 0.2) is 30.5 Å². The summed E-state index contributed by atoms with van der Waals surface area (Å²) in [5.41, 5.74) is 3.88. The van der Waals surface area contributed by atoms with Crippen molar-refractivity contribution in [2.75, 3.05) is 5.32 Å². The lowest BCUT2D eigenvalue weighted by Crippen LogP contribution is -1.99. The van der Waals surface area contributed by atoms with Gasteiger partial charge in [-0.25, -0.2) is 0 Å². The number of nitriles is 1. The van der Waals surface area contributed by atoms with Gasteiger partial charge in [-0.1, -0.05) is 0 Å². The van der Waals surface area contributed by atoms with Crippen LogP contribution in [0.1, 0.15) is 16.8 Å². The highest BCUT2D eigenvalue weighted by Crippen LogP contribution is 2.11. The third kappa shape index (κ3) is 2.20. The van der Waals surface area contributed by atoms with Crippen molar-refractivity contribution in [1.29, 1.82) is 5.26 Å². The zero-order chi connectivity index (χ0) is 11.4. The van der Waals surface area contributed by atoms with Gasteiger partial charge in [-0.15, -0.1) is 0 Å². The second-order valence-corrected chi connectivity index (χ2v) is 3.56. The summed E-state index contributed by atoms with van der Waals surface area (Å²) in [4.78, 5) is 0. The van der Waals surface area contributed by atoms with E-state index >= 15 is 0 Å². The zero-order valence-electron chi connectivity index (χ0n) is 8.99. The van der Waals surface area contributed by atoms with Gasteiger partial charge < -0.3 is 5.32 Å². The average molecular weight is 212 g/mol. The summed E-state index contributed by atoms with van der Waals surface area (Å²) in [5, 5.41) is 18.8. The standard InChI is InChI=1S/C12H12N4/c1-9-11(8-15-16-9)7-14-12-4-2-10(6-13)3-5-12/h2-5,8,14H,7H2,1H3,(H,15,16). The van der Waals surface area contributed by atoms with E-state index in [9.17, 15) is 0 Å². The van der Waals surface area contributed by atoms with E-state index in [0.717, 1.165) is 23.5 Å². The number of anilines is 1. The third-order valence-electron chi connectivity index (χ3n) is 2.43. The highest BCUT2D eigenvalue weighted by Gasteiger charge is 1.99. The molecule has 4 heteroatoms. The molecule has 2 N–H and O–H groups in total. The first-order valence-corrected chi connectivity index (χ1v) is 5.02. The lowest BCUT2D eigenvalue weighted by molar-refractivity contribution is 1.04. The fourth-order valence-corrected chi connectivity index (χ4v) is 1.41.